The number of aliphatic imine (C=N–C) groups is 1. The van der Waals surface area contributed by atoms with Gasteiger partial charge in [-0.2, -0.15) is 4.99 Å². The summed E-state index contributed by atoms with van der Waals surface area (Å²) in [6.07, 6.45) is 2.61. The molecule has 0 unspecified atom stereocenters. The Labute approximate surface area is 77.2 Å². The van der Waals surface area contributed by atoms with Crippen molar-refractivity contribution in [2.75, 3.05) is 12.4 Å². The Balaban J connectivity index is 2.66. The molecule has 0 saturated heterocycles. The largest absolute Gasteiger partial charge is 0.388 e. The van der Waals surface area contributed by atoms with Gasteiger partial charge in [0.25, 0.3) is 0 Å². The number of rotatable bonds is 4. The van der Waals surface area contributed by atoms with Crippen molar-refractivity contribution in [3.05, 3.63) is 24.3 Å². The molecule has 0 fully saturated rings. The van der Waals surface area contributed by atoms with Gasteiger partial charge in [0, 0.05) is 18.8 Å². The molecule has 0 saturated carbocycles. The number of nitrogens with zero attached hydrogens (tertiary/aromatic N) is 1. The third-order valence-corrected chi connectivity index (χ3v) is 1.60. The van der Waals surface area contributed by atoms with Crippen molar-refractivity contribution >= 4 is 24.1 Å². The maximum atomic E-state index is 6.69. The Kier molecular flexibility index (Phi) is 3.66. The van der Waals surface area contributed by atoms with Crippen LogP contribution in [0.25, 0.3) is 0 Å². The zero-order valence-corrected chi connectivity index (χ0v) is 7.49. The summed E-state index contributed by atoms with van der Waals surface area (Å²) in [6.45, 7) is 0. The molecule has 1 aromatic carbocycles. The summed E-state index contributed by atoms with van der Waals surface area (Å²) in [6, 6.07) is 7.95. The summed E-state index contributed by atoms with van der Waals surface area (Å²) in [5.41, 5.74) is 2.13. The second-order valence-corrected chi connectivity index (χ2v) is 2.47. The number of quaternary nitrogens is 1. The molecule has 4 heteroatoms. The fourth-order valence-electron chi connectivity index (χ4n) is 0.970. The van der Waals surface area contributed by atoms with Gasteiger partial charge in [-0.1, -0.05) is 6.07 Å². The van der Waals surface area contributed by atoms with E-state index < -0.39 is 0 Å². The van der Waals surface area contributed by atoms with Gasteiger partial charge in [-0.25, -0.2) is 0 Å². The van der Waals surface area contributed by atoms with Crippen molar-refractivity contribution in [1.82, 2.24) is 0 Å². The van der Waals surface area contributed by atoms with Crippen LogP contribution >= 0.6 is 0 Å². The van der Waals surface area contributed by atoms with Gasteiger partial charge in [-0.05, 0) is 12.1 Å². The predicted octanol–water partition coefficient (Wildman–Crippen LogP) is 0.559. The zero-order chi connectivity index (χ0) is 9.52. The van der Waals surface area contributed by atoms with E-state index in [1.54, 1.807) is 6.34 Å². The summed E-state index contributed by atoms with van der Waals surface area (Å²) in [5.74, 6) is 0. The van der Waals surface area contributed by atoms with E-state index in [1.807, 2.05) is 36.6 Å². The van der Waals surface area contributed by atoms with Gasteiger partial charge in [0.1, 0.15) is 12.0 Å². The molecule has 0 aliphatic carbocycles. The standard InChI is InChI=1S/C9H12N4/c1-11-8-3-2-4-9(5-8)13-7-12-6-10/h2-7,11H,1H3,(H2,10,12,13)/p+1. The Morgan fingerprint density at radius 2 is 2.38 bits per heavy atom. The highest BCUT2D eigenvalue weighted by Crippen LogP contribution is 2.09. The average molecular weight is 177 g/mol. The maximum absolute atomic E-state index is 6.69. The van der Waals surface area contributed by atoms with Crippen LogP contribution < -0.4 is 10.6 Å². The van der Waals surface area contributed by atoms with E-state index in [4.69, 9.17) is 5.41 Å². The van der Waals surface area contributed by atoms with Crippen LogP contribution in [0, 0.1) is 5.41 Å². The molecular formula is C9H13N4+. The average Bonchev–Trinajstić information content (AvgIpc) is 2.19. The molecular weight excluding hydrogens is 164 g/mol. The molecule has 0 aromatic heterocycles. The molecule has 4 N–H and O–H groups in total. The summed E-state index contributed by atoms with van der Waals surface area (Å²) in [4.78, 5) is 3.66. The molecule has 0 aliphatic rings. The SMILES string of the molecule is CNc1cccc([NH2+]C=NC=N)c1. The molecule has 0 heterocycles. The Morgan fingerprint density at radius 1 is 1.54 bits per heavy atom. The Morgan fingerprint density at radius 3 is 3.08 bits per heavy atom. The first-order valence-corrected chi connectivity index (χ1v) is 4.00. The van der Waals surface area contributed by atoms with Crippen LogP contribution in [0.15, 0.2) is 29.3 Å². The molecule has 13 heavy (non-hydrogen) atoms. The second-order valence-electron chi connectivity index (χ2n) is 2.47. The number of hydrogen-bond acceptors (Lipinski definition) is 2. The fraction of sp³-hybridized carbons (Fsp3) is 0.111. The summed E-state index contributed by atoms with van der Waals surface area (Å²) < 4.78 is 0. The number of nitrogens with two attached hydrogens (primary N) is 1. The minimum Gasteiger partial charge on any atom is -0.388 e. The molecule has 68 valence electrons. The van der Waals surface area contributed by atoms with Crippen LogP contribution in [0.5, 0.6) is 0 Å². The van der Waals surface area contributed by atoms with Gasteiger partial charge in [-0.15, -0.1) is 0 Å². The quantitative estimate of drug-likeness (QED) is 0.351. The highest BCUT2D eigenvalue weighted by atomic mass is 14.9. The maximum Gasteiger partial charge on any atom is 0.193 e. The van der Waals surface area contributed by atoms with Gasteiger partial charge in [0.05, 0.1) is 0 Å². The lowest BCUT2D eigenvalue weighted by atomic mass is 10.3. The van der Waals surface area contributed by atoms with E-state index in [-0.39, 0.29) is 0 Å². The van der Waals surface area contributed by atoms with Gasteiger partial charge in [-0.3, -0.25) is 10.7 Å². The highest BCUT2D eigenvalue weighted by molar-refractivity contribution is 5.65. The fourth-order valence-corrected chi connectivity index (χ4v) is 0.970. The normalized spacial score (nSPS) is 10.2. The number of anilines is 1. The molecule has 0 aliphatic heterocycles. The summed E-state index contributed by atoms with van der Waals surface area (Å²) >= 11 is 0. The number of nitrogens with one attached hydrogen (secondary N) is 2. The Hall–Kier alpha value is -1.68. The van der Waals surface area contributed by atoms with E-state index in [2.05, 4.69) is 10.3 Å². The second kappa shape index (κ2) is 5.05. The molecule has 0 atom stereocenters. The highest BCUT2D eigenvalue weighted by Gasteiger charge is 1.94. The van der Waals surface area contributed by atoms with Crippen molar-refractivity contribution in [3.8, 4) is 0 Å². The number of hydrogen-bond donors (Lipinski definition) is 3. The monoisotopic (exact) mass is 177 g/mol. The van der Waals surface area contributed by atoms with Crippen LogP contribution in [0.1, 0.15) is 0 Å². The topological polar surface area (TPSA) is 64.8 Å². The van der Waals surface area contributed by atoms with Crippen LogP contribution in [0.4, 0.5) is 11.4 Å². The molecule has 0 radical (unpaired) electrons. The van der Waals surface area contributed by atoms with Gasteiger partial charge < -0.3 is 5.32 Å². The smallest absolute Gasteiger partial charge is 0.193 e. The van der Waals surface area contributed by atoms with Crippen LogP contribution in [0.2, 0.25) is 0 Å². The van der Waals surface area contributed by atoms with E-state index in [0.717, 1.165) is 17.7 Å². The molecule has 4 nitrogen and oxygen atoms in total. The lowest BCUT2D eigenvalue weighted by molar-refractivity contribution is -0.432. The van der Waals surface area contributed by atoms with Crippen molar-refractivity contribution in [1.29, 1.82) is 5.41 Å². The number of benzene rings is 1. The lowest BCUT2D eigenvalue weighted by Gasteiger charge is -1.99. The summed E-state index contributed by atoms with van der Waals surface area (Å²) in [5, 5.41) is 11.6. The zero-order valence-electron chi connectivity index (χ0n) is 7.49. The minimum atomic E-state index is 1.01. The molecule has 1 rings (SSSR count). The first kappa shape index (κ1) is 9.41. The molecule has 0 amide bonds. The van der Waals surface area contributed by atoms with Crippen LogP contribution in [-0.4, -0.2) is 19.7 Å². The first-order valence-electron chi connectivity index (χ1n) is 4.00. The van der Waals surface area contributed by atoms with E-state index in [0.29, 0.717) is 0 Å². The van der Waals surface area contributed by atoms with Gasteiger partial charge >= 0.3 is 0 Å². The predicted molar refractivity (Wildman–Crippen MR) is 54.8 cm³/mol. The van der Waals surface area contributed by atoms with Gasteiger partial charge in [0.2, 0.25) is 0 Å². The van der Waals surface area contributed by atoms with Crippen molar-refractivity contribution in [2.45, 2.75) is 0 Å². The van der Waals surface area contributed by atoms with E-state index >= 15 is 0 Å². The van der Waals surface area contributed by atoms with Crippen LogP contribution in [-0.2, 0) is 0 Å². The first-order chi connectivity index (χ1) is 6.36. The van der Waals surface area contributed by atoms with Crippen LogP contribution in [0.3, 0.4) is 0 Å². The third kappa shape index (κ3) is 3.04. The van der Waals surface area contributed by atoms with Gasteiger partial charge in [0.15, 0.2) is 6.34 Å². The third-order valence-electron chi connectivity index (χ3n) is 1.60. The summed E-state index contributed by atoms with van der Waals surface area (Å²) in [7, 11) is 1.88. The molecule has 1 aromatic rings. The van der Waals surface area contributed by atoms with E-state index in [1.165, 1.54) is 0 Å². The van der Waals surface area contributed by atoms with Crippen molar-refractivity contribution in [2.24, 2.45) is 4.99 Å². The Bertz CT molecular complexity index is 306. The van der Waals surface area contributed by atoms with Crippen molar-refractivity contribution < 1.29 is 5.32 Å². The molecule has 0 spiro atoms. The lowest BCUT2D eigenvalue weighted by Crippen LogP contribution is -2.76. The minimum absolute atomic E-state index is 1.01. The molecule has 0 bridgehead atoms. The van der Waals surface area contributed by atoms with E-state index in [9.17, 15) is 0 Å². The van der Waals surface area contributed by atoms with Crippen molar-refractivity contribution in [3.63, 3.8) is 0 Å².